The van der Waals surface area contributed by atoms with Gasteiger partial charge in [0.05, 0.1) is 4.90 Å². The largest absolute Gasteiger partial charge is 0.322 e. The van der Waals surface area contributed by atoms with Crippen LogP contribution in [0.5, 0.6) is 0 Å². The van der Waals surface area contributed by atoms with E-state index >= 15 is 0 Å². The third kappa shape index (κ3) is 4.71. The second-order valence-corrected chi connectivity index (χ2v) is 8.53. The Kier molecular flexibility index (Phi) is 5.72. The molecule has 1 amide bonds. The summed E-state index contributed by atoms with van der Waals surface area (Å²) in [7, 11) is -3.73. The molecule has 0 atom stereocenters. The lowest BCUT2D eigenvalue weighted by Crippen LogP contribution is -2.14. The molecule has 0 fully saturated rings. The SMILES string of the molecule is Cc1ccc(NC(=O)c2ccc(NS(=O)(=O)c3ccc(Cl)cc3)cc2)c(C)c1. The van der Waals surface area contributed by atoms with Crippen LogP contribution in [0.2, 0.25) is 5.02 Å². The summed E-state index contributed by atoms with van der Waals surface area (Å²) in [6.45, 7) is 3.92. The maximum Gasteiger partial charge on any atom is 0.261 e. The van der Waals surface area contributed by atoms with E-state index in [9.17, 15) is 13.2 Å². The maximum atomic E-state index is 12.4. The molecule has 28 heavy (non-hydrogen) atoms. The average Bonchev–Trinajstić information content (AvgIpc) is 2.64. The van der Waals surface area contributed by atoms with E-state index in [2.05, 4.69) is 10.0 Å². The third-order valence-corrected chi connectivity index (χ3v) is 5.80. The monoisotopic (exact) mass is 414 g/mol. The van der Waals surface area contributed by atoms with Gasteiger partial charge in [0.1, 0.15) is 0 Å². The smallest absolute Gasteiger partial charge is 0.261 e. The van der Waals surface area contributed by atoms with Gasteiger partial charge in [0.25, 0.3) is 15.9 Å². The average molecular weight is 415 g/mol. The minimum absolute atomic E-state index is 0.105. The van der Waals surface area contributed by atoms with Gasteiger partial charge in [-0.15, -0.1) is 0 Å². The highest BCUT2D eigenvalue weighted by Gasteiger charge is 2.14. The van der Waals surface area contributed by atoms with Crippen molar-refractivity contribution in [2.75, 3.05) is 10.0 Å². The van der Waals surface area contributed by atoms with Crippen molar-refractivity contribution in [2.45, 2.75) is 18.7 Å². The molecule has 0 heterocycles. The highest BCUT2D eigenvalue weighted by atomic mass is 35.5. The van der Waals surface area contributed by atoms with Crippen LogP contribution in [0.4, 0.5) is 11.4 Å². The van der Waals surface area contributed by atoms with Gasteiger partial charge in [-0.2, -0.15) is 0 Å². The minimum atomic E-state index is -3.73. The van der Waals surface area contributed by atoms with Crippen LogP contribution in [0, 0.1) is 13.8 Å². The Morgan fingerprint density at radius 1 is 0.893 bits per heavy atom. The molecule has 0 aliphatic heterocycles. The Bertz CT molecular complexity index is 1110. The lowest BCUT2D eigenvalue weighted by atomic mass is 10.1. The van der Waals surface area contributed by atoms with Crippen LogP contribution in [0.1, 0.15) is 21.5 Å². The number of carbonyl (C=O) groups excluding carboxylic acids is 1. The summed E-state index contributed by atoms with van der Waals surface area (Å²) >= 11 is 5.79. The van der Waals surface area contributed by atoms with E-state index < -0.39 is 10.0 Å². The van der Waals surface area contributed by atoms with Gasteiger partial charge in [0.15, 0.2) is 0 Å². The highest BCUT2D eigenvalue weighted by molar-refractivity contribution is 7.92. The molecule has 0 spiro atoms. The zero-order valence-electron chi connectivity index (χ0n) is 15.4. The quantitative estimate of drug-likeness (QED) is 0.616. The van der Waals surface area contributed by atoms with E-state index in [4.69, 9.17) is 11.6 Å². The Balaban J connectivity index is 1.72. The molecule has 144 valence electrons. The molecule has 0 radical (unpaired) electrons. The molecule has 0 unspecified atom stereocenters. The zero-order chi connectivity index (χ0) is 20.3. The van der Waals surface area contributed by atoms with Gasteiger partial charge in [0, 0.05) is 22.0 Å². The molecule has 3 aromatic carbocycles. The number of hydrogen-bond acceptors (Lipinski definition) is 3. The van der Waals surface area contributed by atoms with Gasteiger partial charge in [-0.25, -0.2) is 8.42 Å². The summed E-state index contributed by atoms with van der Waals surface area (Å²) in [5.41, 5.74) is 3.61. The Labute approximate surface area is 169 Å². The topological polar surface area (TPSA) is 75.3 Å². The normalized spacial score (nSPS) is 11.1. The number of amides is 1. The molecule has 0 bridgehead atoms. The predicted octanol–water partition coefficient (Wildman–Crippen LogP) is 5.01. The second kappa shape index (κ2) is 8.04. The first-order chi connectivity index (χ1) is 13.2. The molecule has 0 saturated heterocycles. The summed E-state index contributed by atoms with van der Waals surface area (Å²) in [4.78, 5) is 12.5. The van der Waals surface area contributed by atoms with Crippen LogP contribution in [-0.4, -0.2) is 14.3 Å². The summed E-state index contributed by atoms with van der Waals surface area (Å²) in [6, 6.07) is 17.9. The summed E-state index contributed by atoms with van der Waals surface area (Å²) in [5, 5.41) is 3.32. The molecule has 0 aliphatic carbocycles. The maximum absolute atomic E-state index is 12.4. The molecule has 2 N–H and O–H groups in total. The number of benzene rings is 3. The van der Waals surface area contributed by atoms with Gasteiger partial charge in [-0.1, -0.05) is 29.3 Å². The first-order valence-corrected chi connectivity index (χ1v) is 10.4. The lowest BCUT2D eigenvalue weighted by molar-refractivity contribution is 0.102. The van der Waals surface area contributed by atoms with Crippen molar-refractivity contribution in [1.29, 1.82) is 0 Å². The predicted molar refractivity (Wildman–Crippen MR) is 113 cm³/mol. The van der Waals surface area contributed by atoms with E-state index in [1.54, 1.807) is 24.3 Å². The van der Waals surface area contributed by atoms with E-state index in [1.165, 1.54) is 24.3 Å². The fourth-order valence-electron chi connectivity index (χ4n) is 2.67. The summed E-state index contributed by atoms with van der Waals surface area (Å²) < 4.78 is 27.3. The van der Waals surface area contributed by atoms with Crippen LogP contribution in [0.3, 0.4) is 0 Å². The molecule has 3 aromatic rings. The van der Waals surface area contributed by atoms with Crippen molar-refractivity contribution in [2.24, 2.45) is 0 Å². The Morgan fingerprint density at radius 2 is 1.54 bits per heavy atom. The molecular formula is C21H19ClN2O3S. The van der Waals surface area contributed by atoms with E-state index in [0.717, 1.165) is 16.8 Å². The minimum Gasteiger partial charge on any atom is -0.322 e. The number of sulfonamides is 1. The molecule has 0 saturated carbocycles. The van der Waals surface area contributed by atoms with Crippen molar-refractivity contribution in [3.05, 3.63) is 88.4 Å². The number of anilines is 2. The van der Waals surface area contributed by atoms with Crippen LogP contribution < -0.4 is 10.0 Å². The fourth-order valence-corrected chi connectivity index (χ4v) is 3.85. The van der Waals surface area contributed by atoms with Crippen molar-refractivity contribution < 1.29 is 13.2 Å². The van der Waals surface area contributed by atoms with Gasteiger partial charge in [-0.3, -0.25) is 9.52 Å². The van der Waals surface area contributed by atoms with Gasteiger partial charge in [0.2, 0.25) is 0 Å². The summed E-state index contributed by atoms with van der Waals surface area (Å²) in [6.07, 6.45) is 0. The van der Waals surface area contributed by atoms with E-state index in [1.807, 2.05) is 32.0 Å². The van der Waals surface area contributed by atoms with Gasteiger partial charge in [-0.05, 0) is 74.0 Å². The number of hydrogen-bond donors (Lipinski definition) is 2. The molecule has 3 rings (SSSR count). The van der Waals surface area contributed by atoms with Crippen LogP contribution in [-0.2, 0) is 10.0 Å². The summed E-state index contributed by atoms with van der Waals surface area (Å²) in [5.74, 6) is -0.265. The number of carbonyl (C=O) groups is 1. The number of halogens is 1. The molecule has 0 aromatic heterocycles. The van der Waals surface area contributed by atoms with Gasteiger partial charge >= 0.3 is 0 Å². The van der Waals surface area contributed by atoms with E-state index in [0.29, 0.717) is 16.3 Å². The van der Waals surface area contributed by atoms with Gasteiger partial charge < -0.3 is 5.32 Å². The van der Waals surface area contributed by atoms with Crippen LogP contribution >= 0.6 is 11.6 Å². The van der Waals surface area contributed by atoms with Crippen molar-refractivity contribution in [3.63, 3.8) is 0 Å². The first kappa shape index (κ1) is 19.9. The number of rotatable bonds is 5. The lowest BCUT2D eigenvalue weighted by Gasteiger charge is -2.11. The molecule has 5 nitrogen and oxygen atoms in total. The Morgan fingerprint density at radius 3 is 2.14 bits per heavy atom. The first-order valence-electron chi connectivity index (χ1n) is 8.52. The standard InChI is InChI=1S/C21H19ClN2O3S/c1-14-3-12-20(15(2)13-14)23-21(25)16-4-8-18(9-5-16)24-28(26,27)19-10-6-17(22)7-11-19/h3-13,24H,1-2H3,(H,23,25). The Hall–Kier alpha value is -2.83. The molecule has 7 heteroatoms. The number of aryl methyl sites for hydroxylation is 2. The third-order valence-electron chi connectivity index (χ3n) is 4.15. The second-order valence-electron chi connectivity index (χ2n) is 6.41. The van der Waals surface area contributed by atoms with E-state index in [-0.39, 0.29) is 10.8 Å². The van der Waals surface area contributed by atoms with Crippen molar-refractivity contribution in [1.82, 2.24) is 0 Å². The highest BCUT2D eigenvalue weighted by Crippen LogP contribution is 2.20. The molecule has 0 aliphatic rings. The van der Waals surface area contributed by atoms with Crippen molar-refractivity contribution >= 4 is 38.9 Å². The van der Waals surface area contributed by atoms with Crippen LogP contribution in [0.15, 0.2) is 71.6 Å². The zero-order valence-corrected chi connectivity index (χ0v) is 16.9. The molecular weight excluding hydrogens is 396 g/mol. The van der Waals surface area contributed by atoms with Crippen LogP contribution in [0.25, 0.3) is 0 Å². The number of nitrogens with one attached hydrogen (secondary N) is 2. The fraction of sp³-hybridized carbons (Fsp3) is 0.0952. The van der Waals surface area contributed by atoms with Crippen molar-refractivity contribution in [3.8, 4) is 0 Å².